The SMILES string of the molecule is CCOC(=O)c1cc(CCCCC(=O)O)c[nH]1. The zero-order valence-corrected chi connectivity index (χ0v) is 9.86. The third-order valence-electron chi connectivity index (χ3n) is 2.34. The van der Waals surface area contributed by atoms with Gasteiger partial charge in [0.15, 0.2) is 0 Å². The molecule has 5 nitrogen and oxygen atoms in total. The van der Waals surface area contributed by atoms with Crippen LogP contribution < -0.4 is 0 Å². The fraction of sp³-hybridized carbons (Fsp3) is 0.500. The molecule has 1 aromatic heterocycles. The van der Waals surface area contributed by atoms with Crippen LogP contribution in [0.4, 0.5) is 0 Å². The summed E-state index contributed by atoms with van der Waals surface area (Å²) in [6.45, 7) is 2.11. The van der Waals surface area contributed by atoms with E-state index in [0.29, 0.717) is 18.7 Å². The first-order valence-corrected chi connectivity index (χ1v) is 5.69. The molecule has 0 unspecified atom stereocenters. The molecular weight excluding hydrogens is 222 g/mol. The molecule has 0 aliphatic carbocycles. The normalized spacial score (nSPS) is 10.2. The lowest BCUT2D eigenvalue weighted by molar-refractivity contribution is -0.137. The van der Waals surface area contributed by atoms with Gasteiger partial charge in [-0.15, -0.1) is 0 Å². The average molecular weight is 239 g/mol. The van der Waals surface area contributed by atoms with Crippen LogP contribution in [-0.2, 0) is 16.0 Å². The number of nitrogens with one attached hydrogen (secondary N) is 1. The summed E-state index contributed by atoms with van der Waals surface area (Å²) in [5.74, 6) is -1.13. The lowest BCUT2D eigenvalue weighted by atomic mass is 10.1. The summed E-state index contributed by atoms with van der Waals surface area (Å²) in [7, 11) is 0. The maximum atomic E-state index is 11.3. The number of aromatic amines is 1. The summed E-state index contributed by atoms with van der Waals surface area (Å²) in [6.07, 6.45) is 4.16. The van der Waals surface area contributed by atoms with E-state index in [1.54, 1.807) is 19.2 Å². The van der Waals surface area contributed by atoms with Gasteiger partial charge in [-0.1, -0.05) is 0 Å². The zero-order valence-electron chi connectivity index (χ0n) is 9.86. The Morgan fingerprint density at radius 3 is 2.82 bits per heavy atom. The highest BCUT2D eigenvalue weighted by Gasteiger charge is 2.08. The van der Waals surface area contributed by atoms with Crippen LogP contribution in [0.3, 0.4) is 0 Å². The maximum Gasteiger partial charge on any atom is 0.354 e. The van der Waals surface area contributed by atoms with E-state index in [1.807, 2.05) is 0 Å². The second-order valence-corrected chi connectivity index (χ2v) is 3.74. The minimum Gasteiger partial charge on any atom is -0.481 e. The van der Waals surface area contributed by atoms with E-state index in [1.165, 1.54) is 0 Å². The minimum atomic E-state index is -0.772. The van der Waals surface area contributed by atoms with E-state index < -0.39 is 5.97 Å². The Labute approximate surface area is 99.8 Å². The Kier molecular flexibility index (Phi) is 5.26. The third-order valence-corrected chi connectivity index (χ3v) is 2.34. The molecule has 0 saturated heterocycles. The van der Waals surface area contributed by atoms with Crippen LogP contribution in [0.15, 0.2) is 12.3 Å². The van der Waals surface area contributed by atoms with Gasteiger partial charge in [-0.25, -0.2) is 4.79 Å². The second-order valence-electron chi connectivity index (χ2n) is 3.74. The highest BCUT2D eigenvalue weighted by Crippen LogP contribution is 2.09. The Morgan fingerprint density at radius 2 is 2.18 bits per heavy atom. The molecule has 0 amide bonds. The van der Waals surface area contributed by atoms with E-state index in [-0.39, 0.29) is 12.4 Å². The molecule has 0 spiro atoms. The number of carbonyl (C=O) groups excluding carboxylic acids is 1. The van der Waals surface area contributed by atoms with Gasteiger partial charge in [-0.2, -0.15) is 0 Å². The zero-order chi connectivity index (χ0) is 12.7. The van der Waals surface area contributed by atoms with Gasteiger partial charge in [0.25, 0.3) is 0 Å². The van der Waals surface area contributed by atoms with E-state index in [4.69, 9.17) is 9.84 Å². The minimum absolute atomic E-state index is 0.190. The lowest BCUT2D eigenvalue weighted by Crippen LogP contribution is -2.04. The van der Waals surface area contributed by atoms with Crippen LogP contribution in [0.5, 0.6) is 0 Å². The number of H-pyrrole nitrogens is 1. The molecule has 0 aliphatic heterocycles. The van der Waals surface area contributed by atoms with Crippen molar-refractivity contribution in [3.05, 3.63) is 23.5 Å². The van der Waals surface area contributed by atoms with Crippen LogP contribution in [0.25, 0.3) is 0 Å². The molecule has 5 heteroatoms. The molecule has 2 N–H and O–H groups in total. The van der Waals surface area contributed by atoms with Gasteiger partial charge in [0.2, 0.25) is 0 Å². The van der Waals surface area contributed by atoms with Crippen molar-refractivity contribution < 1.29 is 19.4 Å². The highest BCUT2D eigenvalue weighted by molar-refractivity contribution is 5.87. The van der Waals surface area contributed by atoms with Crippen molar-refractivity contribution in [2.75, 3.05) is 6.61 Å². The number of hydrogen-bond donors (Lipinski definition) is 2. The molecule has 0 fully saturated rings. The number of esters is 1. The Balaban J connectivity index is 2.35. The van der Waals surface area contributed by atoms with Crippen molar-refractivity contribution in [3.63, 3.8) is 0 Å². The summed E-state index contributed by atoms with van der Waals surface area (Å²) in [5.41, 5.74) is 1.44. The first-order valence-electron chi connectivity index (χ1n) is 5.69. The first-order chi connectivity index (χ1) is 8.13. The molecule has 1 aromatic rings. The van der Waals surface area contributed by atoms with Gasteiger partial charge in [0.05, 0.1) is 6.61 Å². The molecule has 1 rings (SSSR count). The summed E-state index contributed by atoms with van der Waals surface area (Å²) in [5, 5.41) is 8.48. The number of aryl methyl sites for hydroxylation is 1. The Bertz CT molecular complexity index is 384. The molecule has 0 atom stereocenters. The predicted molar refractivity (Wildman–Crippen MR) is 61.9 cm³/mol. The van der Waals surface area contributed by atoms with Crippen LogP contribution >= 0.6 is 0 Å². The third kappa shape index (κ3) is 4.72. The van der Waals surface area contributed by atoms with Crippen molar-refractivity contribution in [2.24, 2.45) is 0 Å². The van der Waals surface area contributed by atoms with E-state index in [0.717, 1.165) is 18.4 Å². The van der Waals surface area contributed by atoms with Gasteiger partial charge < -0.3 is 14.8 Å². The van der Waals surface area contributed by atoms with Crippen molar-refractivity contribution in [1.82, 2.24) is 4.98 Å². The molecule has 0 bridgehead atoms. The Morgan fingerprint density at radius 1 is 1.41 bits per heavy atom. The van der Waals surface area contributed by atoms with Crippen molar-refractivity contribution in [2.45, 2.75) is 32.6 Å². The number of carboxylic acid groups (broad SMARTS) is 1. The summed E-state index contributed by atoms with van der Waals surface area (Å²) in [4.78, 5) is 24.5. The number of hydrogen-bond acceptors (Lipinski definition) is 3. The Hall–Kier alpha value is -1.78. The molecule has 0 aliphatic rings. The fourth-order valence-corrected chi connectivity index (χ4v) is 1.52. The number of carbonyl (C=O) groups is 2. The summed E-state index contributed by atoms with van der Waals surface area (Å²) >= 11 is 0. The smallest absolute Gasteiger partial charge is 0.354 e. The van der Waals surface area contributed by atoms with Crippen LogP contribution in [0.1, 0.15) is 42.2 Å². The van der Waals surface area contributed by atoms with Crippen molar-refractivity contribution >= 4 is 11.9 Å². The number of unbranched alkanes of at least 4 members (excludes halogenated alkanes) is 1. The monoisotopic (exact) mass is 239 g/mol. The van der Waals surface area contributed by atoms with Crippen LogP contribution in [0.2, 0.25) is 0 Å². The molecule has 94 valence electrons. The van der Waals surface area contributed by atoms with Gasteiger partial charge in [-0.3, -0.25) is 4.79 Å². The van der Waals surface area contributed by atoms with E-state index >= 15 is 0 Å². The quantitative estimate of drug-likeness (QED) is 0.563. The van der Waals surface area contributed by atoms with Gasteiger partial charge in [0.1, 0.15) is 5.69 Å². The molecule has 17 heavy (non-hydrogen) atoms. The van der Waals surface area contributed by atoms with E-state index in [2.05, 4.69) is 4.98 Å². The van der Waals surface area contributed by atoms with Crippen LogP contribution in [0, 0.1) is 0 Å². The summed E-state index contributed by atoms with van der Waals surface area (Å²) < 4.78 is 4.85. The number of aliphatic carboxylic acids is 1. The fourth-order valence-electron chi connectivity index (χ4n) is 1.52. The molecule has 1 heterocycles. The van der Waals surface area contributed by atoms with Gasteiger partial charge >= 0.3 is 11.9 Å². The van der Waals surface area contributed by atoms with Gasteiger partial charge in [0, 0.05) is 12.6 Å². The first kappa shape index (κ1) is 13.3. The number of carboxylic acids is 1. The standard InChI is InChI=1S/C12H17NO4/c1-2-17-12(16)10-7-9(8-13-10)5-3-4-6-11(14)15/h7-8,13H,2-6H2,1H3,(H,14,15). The highest BCUT2D eigenvalue weighted by atomic mass is 16.5. The molecule has 0 saturated carbocycles. The van der Waals surface area contributed by atoms with E-state index in [9.17, 15) is 9.59 Å². The number of aromatic nitrogens is 1. The average Bonchev–Trinajstić information content (AvgIpc) is 2.73. The molecule has 0 radical (unpaired) electrons. The summed E-state index contributed by atoms with van der Waals surface area (Å²) in [6, 6.07) is 1.75. The molecule has 0 aromatic carbocycles. The number of rotatable bonds is 7. The largest absolute Gasteiger partial charge is 0.481 e. The predicted octanol–water partition coefficient (Wildman–Crippen LogP) is 1.99. The number of ether oxygens (including phenoxy) is 1. The van der Waals surface area contributed by atoms with Crippen LogP contribution in [-0.4, -0.2) is 28.6 Å². The van der Waals surface area contributed by atoms with Crippen molar-refractivity contribution in [1.29, 1.82) is 0 Å². The second kappa shape index (κ2) is 6.73. The topological polar surface area (TPSA) is 79.4 Å². The lowest BCUT2D eigenvalue weighted by Gasteiger charge is -1.97. The van der Waals surface area contributed by atoms with Gasteiger partial charge in [-0.05, 0) is 37.8 Å². The van der Waals surface area contributed by atoms with Crippen molar-refractivity contribution in [3.8, 4) is 0 Å². The maximum absolute atomic E-state index is 11.3. The molecular formula is C12H17NO4.